The molecule has 0 fully saturated rings. The van der Waals surface area contributed by atoms with Gasteiger partial charge >= 0.3 is 0 Å². The van der Waals surface area contributed by atoms with Crippen LogP contribution >= 0.6 is 15.9 Å². The van der Waals surface area contributed by atoms with E-state index in [0.29, 0.717) is 12.2 Å². The van der Waals surface area contributed by atoms with Gasteiger partial charge in [-0.05, 0) is 39.7 Å². The first-order valence-electron chi connectivity index (χ1n) is 6.95. The molecule has 0 spiro atoms. The molecule has 0 aliphatic heterocycles. The van der Waals surface area contributed by atoms with Crippen LogP contribution < -0.4 is 10.6 Å². The zero-order valence-corrected chi connectivity index (χ0v) is 14.3. The monoisotopic (exact) mass is 376 g/mol. The number of carbonyl (C=O) groups is 2. The molecule has 0 radical (unpaired) electrons. The van der Waals surface area contributed by atoms with Gasteiger partial charge in [0.1, 0.15) is 0 Å². The third kappa shape index (κ3) is 4.79. The van der Waals surface area contributed by atoms with Crippen LogP contribution in [-0.4, -0.2) is 21.6 Å². The summed E-state index contributed by atoms with van der Waals surface area (Å²) in [7, 11) is 1.82. The summed E-state index contributed by atoms with van der Waals surface area (Å²) < 4.78 is 2.56. The van der Waals surface area contributed by atoms with Gasteiger partial charge < -0.3 is 10.6 Å². The number of hydrogen-bond acceptors (Lipinski definition) is 3. The number of carbonyl (C=O) groups excluding carboxylic acids is 2. The SMILES string of the molecule is C=CC(=O)Nc1cccc(CC(=O)NCc2c(Br)cnn2C)c1. The summed E-state index contributed by atoms with van der Waals surface area (Å²) >= 11 is 3.39. The molecule has 0 atom stereocenters. The van der Waals surface area contributed by atoms with Gasteiger partial charge in [0.05, 0.1) is 29.3 Å². The van der Waals surface area contributed by atoms with E-state index in [1.807, 2.05) is 13.1 Å². The van der Waals surface area contributed by atoms with Gasteiger partial charge in [-0.1, -0.05) is 18.7 Å². The Bertz CT molecular complexity index is 720. The lowest BCUT2D eigenvalue weighted by atomic mass is 10.1. The summed E-state index contributed by atoms with van der Waals surface area (Å²) in [6.45, 7) is 3.80. The minimum Gasteiger partial charge on any atom is -0.350 e. The molecule has 6 nitrogen and oxygen atoms in total. The number of anilines is 1. The van der Waals surface area contributed by atoms with Crippen molar-refractivity contribution < 1.29 is 9.59 Å². The molecule has 0 unspecified atom stereocenters. The second kappa shape index (κ2) is 7.73. The van der Waals surface area contributed by atoms with E-state index < -0.39 is 0 Å². The van der Waals surface area contributed by atoms with Gasteiger partial charge in [0.25, 0.3) is 0 Å². The summed E-state index contributed by atoms with van der Waals surface area (Å²) in [6, 6.07) is 7.15. The summed E-state index contributed by atoms with van der Waals surface area (Å²) in [5, 5.41) is 9.62. The second-order valence-electron chi connectivity index (χ2n) is 4.91. The Morgan fingerprint density at radius 3 is 2.87 bits per heavy atom. The van der Waals surface area contributed by atoms with Gasteiger partial charge in [-0.3, -0.25) is 14.3 Å². The van der Waals surface area contributed by atoms with Crippen LogP contribution in [0, 0.1) is 0 Å². The van der Waals surface area contributed by atoms with Crippen molar-refractivity contribution in [1.29, 1.82) is 0 Å². The van der Waals surface area contributed by atoms with E-state index in [4.69, 9.17) is 0 Å². The summed E-state index contributed by atoms with van der Waals surface area (Å²) in [4.78, 5) is 23.4. The number of halogens is 1. The van der Waals surface area contributed by atoms with Crippen molar-refractivity contribution in [3.05, 3.63) is 58.8 Å². The Labute approximate surface area is 142 Å². The van der Waals surface area contributed by atoms with Crippen LogP contribution in [-0.2, 0) is 29.6 Å². The van der Waals surface area contributed by atoms with Gasteiger partial charge in [-0.15, -0.1) is 0 Å². The molecular formula is C16H17BrN4O2. The molecule has 1 aromatic heterocycles. The third-order valence-electron chi connectivity index (χ3n) is 3.21. The Kier molecular flexibility index (Phi) is 5.70. The molecule has 0 aliphatic carbocycles. The maximum Gasteiger partial charge on any atom is 0.247 e. The number of amides is 2. The van der Waals surface area contributed by atoms with E-state index >= 15 is 0 Å². The van der Waals surface area contributed by atoms with Crippen LogP contribution in [0.3, 0.4) is 0 Å². The van der Waals surface area contributed by atoms with E-state index in [1.54, 1.807) is 29.1 Å². The zero-order chi connectivity index (χ0) is 16.8. The molecule has 2 rings (SSSR count). The lowest BCUT2D eigenvalue weighted by Gasteiger charge is -2.08. The summed E-state index contributed by atoms with van der Waals surface area (Å²) in [5.41, 5.74) is 2.34. The topological polar surface area (TPSA) is 76.0 Å². The standard InChI is InChI=1S/C16H17BrN4O2/c1-3-15(22)20-12-6-4-5-11(7-12)8-16(23)18-10-14-13(17)9-19-21(14)2/h3-7,9H,1,8,10H2,2H3,(H,18,23)(H,20,22). The highest BCUT2D eigenvalue weighted by molar-refractivity contribution is 9.10. The number of hydrogen-bond donors (Lipinski definition) is 2. The maximum atomic E-state index is 12.1. The molecule has 0 aliphatic rings. The van der Waals surface area contributed by atoms with E-state index in [0.717, 1.165) is 15.7 Å². The normalized spacial score (nSPS) is 10.2. The molecule has 2 N–H and O–H groups in total. The van der Waals surface area contributed by atoms with E-state index in [1.165, 1.54) is 6.08 Å². The van der Waals surface area contributed by atoms with E-state index in [-0.39, 0.29) is 18.2 Å². The highest BCUT2D eigenvalue weighted by atomic mass is 79.9. The minimum atomic E-state index is -0.285. The average molecular weight is 377 g/mol. The highest BCUT2D eigenvalue weighted by Crippen LogP contribution is 2.15. The van der Waals surface area contributed by atoms with Crippen LogP contribution in [0.1, 0.15) is 11.3 Å². The number of nitrogens with one attached hydrogen (secondary N) is 2. The number of aryl methyl sites for hydroxylation is 1. The fourth-order valence-electron chi connectivity index (χ4n) is 2.02. The third-order valence-corrected chi connectivity index (χ3v) is 3.87. The first kappa shape index (κ1) is 17.0. The molecule has 1 heterocycles. The van der Waals surface area contributed by atoms with Crippen molar-refractivity contribution in [3.63, 3.8) is 0 Å². The maximum absolute atomic E-state index is 12.1. The number of rotatable bonds is 6. The van der Waals surface area contributed by atoms with Crippen molar-refractivity contribution in [2.75, 3.05) is 5.32 Å². The van der Waals surface area contributed by atoms with Crippen LogP contribution in [0.2, 0.25) is 0 Å². The molecule has 0 bridgehead atoms. The first-order valence-corrected chi connectivity index (χ1v) is 7.74. The zero-order valence-electron chi connectivity index (χ0n) is 12.7. The predicted octanol–water partition coefficient (Wildman–Crippen LogP) is 2.17. The van der Waals surface area contributed by atoms with Gasteiger partial charge in [0.15, 0.2) is 0 Å². The lowest BCUT2D eigenvalue weighted by Crippen LogP contribution is -2.25. The molecule has 0 saturated heterocycles. The predicted molar refractivity (Wildman–Crippen MR) is 91.7 cm³/mol. The molecule has 1 aromatic carbocycles. The quantitative estimate of drug-likeness (QED) is 0.758. The van der Waals surface area contributed by atoms with Crippen LogP contribution in [0.15, 0.2) is 47.6 Å². The minimum absolute atomic E-state index is 0.106. The van der Waals surface area contributed by atoms with Crippen LogP contribution in [0.5, 0.6) is 0 Å². The lowest BCUT2D eigenvalue weighted by molar-refractivity contribution is -0.120. The number of nitrogens with zero attached hydrogens (tertiary/aromatic N) is 2. The summed E-state index contributed by atoms with van der Waals surface area (Å²) in [5.74, 6) is -0.391. The van der Waals surface area contributed by atoms with Crippen LogP contribution in [0.4, 0.5) is 5.69 Å². The van der Waals surface area contributed by atoms with Crippen molar-refractivity contribution in [2.45, 2.75) is 13.0 Å². The molecule has 7 heteroatoms. The van der Waals surface area contributed by atoms with E-state index in [9.17, 15) is 9.59 Å². The Hall–Kier alpha value is -2.41. The van der Waals surface area contributed by atoms with Gasteiger partial charge in [0.2, 0.25) is 11.8 Å². The fourth-order valence-corrected chi connectivity index (χ4v) is 2.51. The second-order valence-corrected chi connectivity index (χ2v) is 5.76. The Balaban J connectivity index is 1.94. The Morgan fingerprint density at radius 2 is 2.22 bits per heavy atom. The van der Waals surface area contributed by atoms with E-state index in [2.05, 4.69) is 38.2 Å². The van der Waals surface area contributed by atoms with Crippen molar-refractivity contribution in [2.24, 2.45) is 7.05 Å². The first-order chi connectivity index (χ1) is 11.0. The molecule has 2 amide bonds. The molecule has 120 valence electrons. The van der Waals surface area contributed by atoms with Crippen molar-refractivity contribution in [3.8, 4) is 0 Å². The highest BCUT2D eigenvalue weighted by Gasteiger charge is 2.09. The van der Waals surface area contributed by atoms with Crippen LogP contribution in [0.25, 0.3) is 0 Å². The largest absolute Gasteiger partial charge is 0.350 e. The fraction of sp³-hybridized carbons (Fsp3) is 0.188. The van der Waals surface area contributed by atoms with Gasteiger partial charge in [0, 0.05) is 12.7 Å². The van der Waals surface area contributed by atoms with Gasteiger partial charge in [-0.2, -0.15) is 5.10 Å². The Morgan fingerprint density at radius 1 is 1.43 bits per heavy atom. The number of benzene rings is 1. The average Bonchev–Trinajstić information content (AvgIpc) is 2.84. The van der Waals surface area contributed by atoms with Crippen molar-refractivity contribution in [1.82, 2.24) is 15.1 Å². The van der Waals surface area contributed by atoms with Crippen molar-refractivity contribution >= 4 is 33.4 Å². The molecule has 2 aromatic rings. The molecular weight excluding hydrogens is 360 g/mol. The smallest absolute Gasteiger partial charge is 0.247 e. The summed E-state index contributed by atoms with van der Waals surface area (Å²) in [6.07, 6.45) is 3.12. The molecule has 23 heavy (non-hydrogen) atoms. The number of aromatic nitrogens is 2. The van der Waals surface area contributed by atoms with Gasteiger partial charge in [-0.25, -0.2) is 0 Å². The molecule has 0 saturated carbocycles.